The van der Waals surface area contributed by atoms with Crippen molar-refractivity contribution in [3.05, 3.63) is 34.9 Å². The van der Waals surface area contributed by atoms with Crippen LogP contribution in [0.1, 0.15) is 18.9 Å². The third-order valence-electron chi connectivity index (χ3n) is 3.19. The Morgan fingerprint density at radius 1 is 1.54 bits per heavy atom. The zero-order valence-electron chi connectivity index (χ0n) is 7.76. The van der Waals surface area contributed by atoms with Gasteiger partial charge in [-0.15, -0.1) is 0 Å². The van der Waals surface area contributed by atoms with Crippen molar-refractivity contribution in [3.63, 3.8) is 0 Å². The quantitative estimate of drug-likeness (QED) is 0.772. The Hall–Kier alpha value is -0.530. The lowest BCUT2D eigenvalue weighted by atomic mass is 9.95. The van der Waals surface area contributed by atoms with Gasteiger partial charge in [0.15, 0.2) is 0 Å². The Bertz CT molecular complexity index is 324. The Morgan fingerprint density at radius 2 is 2.23 bits per heavy atom. The van der Waals surface area contributed by atoms with Crippen molar-refractivity contribution < 1.29 is 0 Å². The van der Waals surface area contributed by atoms with Crippen molar-refractivity contribution in [2.24, 2.45) is 11.7 Å². The largest absolute Gasteiger partial charge is 0.330 e. The van der Waals surface area contributed by atoms with Crippen LogP contribution in [0.3, 0.4) is 0 Å². The summed E-state index contributed by atoms with van der Waals surface area (Å²) in [5.41, 5.74) is 7.15. The fourth-order valence-electron chi connectivity index (χ4n) is 2.05. The number of nitrogens with two attached hydrogens (primary N) is 1. The monoisotopic (exact) mass is 195 g/mol. The number of halogens is 1. The van der Waals surface area contributed by atoms with Crippen LogP contribution >= 0.6 is 11.6 Å². The summed E-state index contributed by atoms with van der Waals surface area (Å²) in [5, 5.41) is 0.876. The lowest BCUT2D eigenvalue weighted by Gasteiger charge is -2.12. The van der Waals surface area contributed by atoms with Crippen LogP contribution in [0.5, 0.6) is 0 Å². The summed E-state index contributed by atoms with van der Waals surface area (Å²) in [5.74, 6) is 0.618. The molecule has 0 bridgehead atoms. The molecule has 0 aromatic heterocycles. The van der Waals surface area contributed by atoms with E-state index in [1.54, 1.807) is 0 Å². The summed E-state index contributed by atoms with van der Waals surface area (Å²) in [6, 6.07) is 8.07. The third-order valence-corrected chi connectivity index (χ3v) is 3.51. The van der Waals surface area contributed by atoms with Gasteiger partial charge in [0.1, 0.15) is 0 Å². The van der Waals surface area contributed by atoms with Crippen molar-refractivity contribution in [2.75, 3.05) is 6.54 Å². The first-order chi connectivity index (χ1) is 6.18. The highest BCUT2D eigenvalue weighted by molar-refractivity contribution is 6.31. The van der Waals surface area contributed by atoms with Gasteiger partial charge in [-0.2, -0.15) is 0 Å². The molecule has 2 rings (SSSR count). The molecule has 2 heteroatoms. The zero-order chi connectivity index (χ0) is 9.47. The van der Waals surface area contributed by atoms with Crippen molar-refractivity contribution in [2.45, 2.75) is 18.8 Å². The van der Waals surface area contributed by atoms with Gasteiger partial charge in [0.2, 0.25) is 0 Å². The highest BCUT2D eigenvalue weighted by Gasteiger charge is 2.50. The summed E-state index contributed by atoms with van der Waals surface area (Å²) >= 11 is 6.13. The first-order valence-electron chi connectivity index (χ1n) is 4.63. The lowest BCUT2D eigenvalue weighted by molar-refractivity contribution is 0.666. The summed E-state index contributed by atoms with van der Waals surface area (Å²) in [7, 11) is 0. The number of benzene rings is 1. The van der Waals surface area contributed by atoms with E-state index in [0.29, 0.717) is 5.92 Å². The summed E-state index contributed by atoms with van der Waals surface area (Å²) < 4.78 is 0. The van der Waals surface area contributed by atoms with Gasteiger partial charge < -0.3 is 5.73 Å². The van der Waals surface area contributed by atoms with Crippen molar-refractivity contribution >= 4 is 11.6 Å². The maximum atomic E-state index is 6.13. The Kier molecular flexibility index (Phi) is 2.09. The van der Waals surface area contributed by atoms with E-state index < -0.39 is 0 Å². The highest BCUT2D eigenvalue weighted by Crippen LogP contribution is 2.54. The van der Waals surface area contributed by atoms with Crippen LogP contribution < -0.4 is 5.73 Å². The van der Waals surface area contributed by atoms with E-state index in [4.69, 9.17) is 17.3 Å². The molecule has 2 N–H and O–H groups in total. The van der Waals surface area contributed by atoms with Crippen LogP contribution in [0.15, 0.2) is 24.3 Å². The molecule has 13 heavy (non-hydrogen) atoms. The van der Waals surface area contributed by atoms with Crippen molar-refractivity contribution in [3.8, 4) is 0 Å². The molecule has 70 valence electrons. The lowest BCUT2D eigenvalue weighted by Crippen LogP contribution is -2.12. The second-order valence-electron chi connectivity index (χ2n) is 4.03. The average Bonchev–Trinajstić information content (AvgIpc) is 2.79. The van der Waals surface area contributed by atoms with E-state index in [1.165, 1.54) is 12.0 Å². The van der Waals surface area contributed by atoms with Gasteiger partial charge in [-0.3, -0.25) is 0 Å². The molecule has 1 fully saturated rings. The van der Waals surface area contributed by atoms with E-state index in [-0.39, 0.29) is 5.41 Å². The molecule has 0 unspecified atom stereocenters. The molecule has 0 amide bonds. The molecule has 0 saturated heterocycles. The number of hydrogen-bond donors (Lipinski definition) is 1. The van der Waals surface area contributed by atoms with E-state index in [2.05, 4.69) is 13.0 Å². The molecule has 0 heterocycles. The van der Waals surface area contributed by atoms with Crippen molar-refractivity contribution in [1.82, 2.24) is 0 Å². The van der Waals surface area contributed by atoms with E-state index in [1.807, 2.05) is 18.2 Å². The maximum absolute atomic E-state index is 6.13. The second-order valence-corrected chi connectivity index (χ2v) is 4.44. The van der Waals surface area contributed by atoms with E-state index in [9.17, 15) is 0 Å². The van der Waals surface area contributed by atoms with Gasteiger partial charge >= 0.3 is 0 Å². The fraction of sp³-hybridized carbons (Fsp3) is 0.455. The molecule has 0 aliphatic heterocycles. The molecule has 0 spiro atoms. The summed E-state index contributed by atoms with van der Waals surface area (Å²) in [4.78, 5) is 0. The Balaban J connectivity index is 2.32. The fourth-order valence-corrected chi connectivity index (χ4v) is 2.40. The van der Waals surface area contributed by atoms with Gasteiger partial charge in [-0.05, 0) is 35.9 Å². The molecule has 1 aromatic rings. The third kappa shape index (κ3) is 1.36. The average molecular weight is 196 g/mol. The van der Waals surface area contributed by atoms with Gasteiger partial charge in [-0.25, -0.2) is 0 Å². The zero-order valence-corrected chi connectivity index (χ0v) is 8.51. The molecule has 1 aromatic carbocycles. The minimum atomic E-state index is 0.243. The molecular formula is C11H14ClN. The minimum Gasteiger partial charge on any atom is -0.330 e. The smallest absolute Gasteiger partial charge is 0.0443 e. The van der Waals surface area contributed by atoms with Crippen LogP contribution in [0.2, 0.25) is 5.02 Å². The normalized spacial score (nSPS) is 31.8. The van der Waals surface area contributed by atoms with Crippen LogP contribution in [0.4, 0.5) is 0 Å². The molecule has 0 radical (unpaired) electrons. The maximum Gasteiger partial charge on any atom is 0.0443 e. The summed E-state index contributed by atoms with van der Waals surface area (Å²) in [6.45, 7) is 3.01. The predicted molar refractivity (Wildman–Crippen MR) is 56.0 cm³/mol. The van der Waals surface area contributed by atoms with Crippen molar-refractivity contribution in [1.29, 1.82) is 0 Å². The van der Waals surface area contributed by atoms with Crippen LogP contribution in [-0.2, 0) is 5.41 Å². The van der Waals surface area contributed by atoms with Gasteiger partial charge in [0.05, 0.1) is 0 Å². The highest BCUT2D eigenvalue weighted by atomic mass is 35.5. The van der Waals surface area contributed by atoms with Gasteiger partial charge in [-0.1, -0.05) is 36.7 Å². The van der Waals surface area contributed by atoms with Gasteiger partial charge in [0, 0.05) is 5.02 Å². The molecule has 1 aliphatic carbocycles. The van der Waals surface area contributed by atoms with E-state index in [0.717, 1.165) is 11.6 Å². The standard InChI is InChI=1S/C11H14ClN/c1-11(6-8(11)7-13)9-4-2-3-5-10(9)12/h2-5,8H,6-7,13H2,1H3/t8-,11+/m1/s1. The number of hydrogen-bond acceptors (Lipinski definition) is 1. The van der Waals surface area contributed by atoms with Crippen LogP contribution in [-0.4, -0.2) is 6.54 Å². The Morgan fingerprint density at radius 3 is 2.77 bits per heavy atom. The second kappa shape index (κ2) is 3.00. The van der Waals surface area contributed by atoms with Crippen LogP contribution in [0, 0.1) is 5.92 Å². The molecule has 1 aliphatic rings. The number of rotatable bonds is 2. The SMILES string of the molecule is C[C@]1(c2ccccc2Cl)C[C@@H]1CN. The van der Waals surface area contributed by atoms with Gasteiger partial charge in [0.25, 0.3) is 0 Å². The first-order valence-corrected chi connectivity index (χ1v) is 5.01. The van der Waals surface area contributed by atoms with Crippen LogP contribution in [0.25, 0.3) is 0 Å². The predicted octanol–water partition coefficient (Wildman–Crippen LogP) is 2.58. The summed E-state index contributed by atoms with van der Waals surface area (Å²) in [6.07, 6.45) is 1.17. The molecular weight excluding hydrogens is 182 g/mol. The molecule has 2 atom stereocenters. The minimum absolute atomic E-state index is 0.243. The topological polar surface area (TPSA) is 26.0 Å². The molecule has 1 nitrogen and oxygen atoms in total. The Labute approximate surface area is 83.9 Å². The van der Waals surface area contributed by atoms with E-state index >= 15 is 0 Å². The molecule has 1 saturated carbocycles. The first kappa shape index (κ1) is 9.04.